The summed E-state index contributed by atoms with van der Waals surface area (Å²) in [6.07, 6.45) is 1.82. The Labute approximate surface area is 112 Å². The Morgan fingerprint density at radius 3 is 2.22 bits per heavy atom. The van der Waals surface area contributed by atoms with Crippen LogP contribution in [0.15, 0.2) is 54.6 Å². The van der Waals surface area contributed by atoms with E-state index in [2.05, 4.69) is 0 Å². The first kappa shape index (κ1) is 12.6. The molecule has 0 aliphatic carbocycles. The SMILES string of the molecule is Cc1ccccc1C(=Cc1ccccc1)C(=O)Cl. The molecule has 2 rings (SSSR count). The van der Waals surface area contributed by atoms with Crippen LogP contribution in [0.2, 0.25) is 0 Å². The van der Waals surface area contributed by atoms with Gasteiger partial charge in [0.05, 0.1) is 0 Å². The molecule has 0 radical (unpaired) electrons. The number of carbonyl (C=O) groups is 1. The van der Waals surface area contributed by atoms with Gasteiger partial charge in [-0.15, -0.1) is 0 Å². The van der Waals surface area contributed by atoms with E-state index in [4.69, 9.17) is 11.6 Å². The molecule has 0 N–H and O–H groups in total. The van der Waals surface area contributed by atoms with Gasteiger partial charge in [0.1, 0.15) is 0 Å². The maximum atomic E-state index is 11.6. The first-order chi connectivity index (χ1) is 8.68. The lowest BCUT2D eigenvalue weighted by molar-refractivity contribution is -0.106. The molecule has 0 saturated carbocycles. The Hall–Kier alpha value is -1.86. The van der Waals surface area contributed by atoms with Crippen LogP contribution in [0.4, 0.5) is 0 Å². The van der Waals surface area contributed by atoms with Gasteiger partial charge in [0, 0.05) is 5.57 Å². The number of allylic oxidation sites excluding steroid dienone is 1. The smallest absolute Gasteiger partial charge is 0.253 e. The molecule has 90 valence electrons. The minimum absolute atomic E-state index is 0.437. The number of hydrogen-bond acceptors (Lipinski definition) is 1. The number of halogens is 1. The first-order valence-electron chi connectivity index (χ1n) is 5.71. The van der Waals surface area contributed by atoms with Gasteiger partial charge in [-0.3, -0.25) is 4.79 Å². The second-order valence-corrected chi connectivity index (χ2v) is 4.40. The number of aryl methyl sites for hydroxylation is 1. The first-order valence-corrected chi connectivity index (χ1v) is 6.09. The maximum Gasteiger partial charge on any atom is 0.253 e. The van der Waals surface area contributed by atoms with Gasteiger partial charge in [-0.1, -0.05) is 54.6 Å². The summed E-state index contributed by atoms with van der Waals surface area (Å²) in [6, 6.07) is 17.4. The normalized spacial score (nSPS) is 11.3. The quantitative estimate of drug-likeness (QED) is 0.455. The lowest BCUT2D eigenvalue weighted by Gasteiger charge is -2.06. The van der Waals surface area contributed by atoms with Crippen LogP contribution in [0.25, 0.3) is 11.6 Å². The molecule has 0 spiro atoms. The fourth-order valence-electron chi connectivity index (χ4n) is 1.83. The molecule has 2 aromatic carbocycles. The minimum Gasteiger partial charge on any atom is -0.276 e. The highest BCUT2D eigenvalue weighted by atomic mass is 35.5. The van der Waals surface area contributed by atoms with Crippen LogP contribution in [-0.4, -0.2) is 5.24 Å². The monoisotopic (exact) mass is 256 g/mol. The van der Waals surface area contributed by atoms with Crippen molar-refractivity contribution in [1.29, 1.82) is 0 Å². The summed E-state index contributed by atoms with van der Waals surface area (Å²) in [7, 11) is 0. The third-order valence-corrected chi connectivity index (χ3v) is 2.96. The number of benzene rings is 2. The Morgan fingerprint density at radius 2 is 1.61 bits per heavy atom. The molecule has 0 atom stereocenters. The summed E-state index contributed by atoms with van der Waals surface area (Å²) in [6.45, 7) is 1.97. The van der Waals surface area contributed by atoms with E-state index in [-0.39, 0.29) is 0 Å². The van der Waals surface area contributed by atoms with Crippen LogP contribution >= 0.6 is 11.6 Å². The Kier molecular flexibility index (Phi) is 3.96. The third-order valence-electron chi connectivity index (χ3n) is 2.76. The fraction of sp³-hybridized carbons (Fsp3) is 0.0625. The highest BCUT2D eigenvalue weighted by Gasteiger charge is 2.11. The van der Waals surface area contributed by atoms with Crippen LogP contribution in [0.5, 0.6) is 0 Å². The van der Waals surface area contributed by atoms with Crippen molar-refractivity contribution in [2.24, 2.45) is 0 Å². The summed E-state index contributed by atoms with van der Waals surface area (Å²) in [5.74, 6) is 0. The molecule has 18 heavy (non-hydrogen) atoms. The van der Waals surface area contributed by atoms with Crippen molar-refractivity contribution in [1.82, 2.24) is 0 Å². The molecule has 0 fully saturated rings. The van der Waals surface area contributed by atoms with Gasteiger partial charge in [0.15, 0.2) is 0 Å². The van der Waals surface area contributed by atoms with Gasteiger partial charge in [-0.25, -0.2) is 0 Å². The molecule has 0 aliphatic rings. The standard InChI is InChI=1S/C16H13ClO/c1-12-7-5-6-10-14(12)15(16(17)18)11-13-8-3-2-4-9-13/h2-11H,1H3. The van der Waals surface area contributed by atoms with Gasteiger partial charge in [-0.2, -0.15) is 0 Å². The molecule has 0 amide bonds. The average molecular weight is 257 g/mol. The second kappa shape index (κ2) is 5.65. The largest absolute Gasteiger partial charge is 0.276 e. The highest BCUT2D eigenvalue weighted by molar-refractivity contribution is 6.75. The zero-order valence-electron chi connectivity index (χ0n) is 10.1. The van der Waals surface area contributed by atoms with E-state index < -0.39 is 5.24 Å². The third kappa shape index (κ3) is 2.88. The van der Waals surface area contributed by atoms with Crippen molar-refractivity contribution in [3.8, 4) is 0 Å². The molecule has 2 heteroatoms. The van der Waals surface area contributed by atoms with Gasteiger partial charge >= 0.3 is 0 Å². The molecular formula is C16H13ClO. The van der Waals surface area contributed by atoms with Crippen LogP contribution < -0.4 is 0 Å². The molecule has 0 aliphatic heterocycles. The van der Waals surface area contributed by atoms with E-state index in [1.807, 2.05) is 67.6 Å². The zero-order valence-corrected chi connectivity index (χ0v) is 10.8. The van der Waals surface area contributed by atoms with E-state index in [1.54, 1.807) is 0 Å². The summed E-state index contributed by atoms with van der Waals surface area (Å²) in [4.78, 5) is 11.6. The van der Waals surface area contributed by atoms with Crippen molar-refractivity contribution in [2.45, 2.75) is 6.92 Å². The van der Waals surface area contributed by atoms with E-state index in [0.717, 1.165) is 16.7 Å². The number of hydrogen-bond donors (Lipinski definition) is 0. The predicted molar refractivity (Wildman–Crippen MR) is 76.4 cm³/mol. The van der Waals surface area contributed by atoms with Crippen LogP contribution in [0.3, 0.4) is 0 Å². The molecule has 0 saturated heterocycles. The molecule has 0 bridgehead atoms. The minimum atomic E-state index is -0.437. The van der Waals surface area contributed by atoms with E-state index in [1.165, 1.54) is 0 Å². The molecule has 0 aromatic heterocycles. The van der Waals surface area contributed by atoms with Crippen LogP contribution in [0.1, 0.15) is 16.7 Å². The van der Waals surface area contributed by atoms with Gasteiger partial charge < -0.3 is 0 Å². The molecule has 1 nitrogen and oxygen atoms in total. The Bertz CT molecular complexity index is 585. The van der Waals surface area contributed by atoms with E-state index in [0.29, 0.717) is 5.57 Å². The van der Waals surface area contributed by atoms with Crippen molar-refractivity contribution in [3.05, 3.63) is 71.3 Å². The van der Waals surface area contributed by atoms with E-state index in [9.17, 15) is 4.79 Å². The average Bonchev–Trinajstić information content (AvgIpc) is 2.38. The van der Waals surface area contributed by atoms with Crippen LogP contribution in [0, 0.1) is 6.92 Å². The summed E-state index contributed by atoms with van der Waals surface area (Å²) < 4.78 is 0. The molecule has 2 aromatic rings. The Balaban J connectivity index is 2.51. The van der Waals surface area contributed by atoms with Gasteiger partial charge in [0.2, 0.25) is 0 Å². The predicted octanol–water partition coefficient (Wildman–Crippen LogP) is 4.30. The summed E-state index contributed by atoms with van der Waals surface area (Å²) in [5, 5.41) is -0.437. The molecule has 0 heterocycles. The van der Waals surface area contributed by atoms with E-state index >= 15 is 0 Å². The lowest BCUT2D eigenvalue weighted by atomic mass is 9.99. The van der Waals surface area contributed by atoms with Gasteiger partial charge in [0.25, 0.3) is 5.24 Å². The van der Waals surface area contributed by atoms with Crippen LogP contribution in [-0.2, 0) is 4.79 Å². The zero-order chi connectivity index (χ0) is 13.0. The maximum absolute atomic E-state index is 11.6. The highest BCUT2D eigenvalue weighted by Crippen LogP contribution is 2.23. The number of rotatable bonds is 3. The lowest BCUT2D eigenvalue weighted by Crippen LogP contribution is -1.95. The van der Waals surface area contributed by atoms with Crippen molar-refractivity contribution in [2.75, 3.05) is 0 Å². The van der Waals surface area contributed by atoms with Crippen molar-refractivity contribution < 1.29 is 4.79 Å². The summed E-state index contributed by atoms with van der Waals surface area (Å²) >= 11 is 5.69. The van der Waals surface area contributed by atoms with Gasteiger partial charge in [-0.05, 0) is 41.3 Å². The molecular weight excluding hydrogens is 244 g/mol. The van der Waals surface area contributed by atoms with Crippen molar-refractivity contribution in [3.63, 3.8) is 0 Å². The topological polar surface area (TPSA) is 17.1 Å². The molecule has 0 unspecified atom stereocenters. The fourth-order valence-corrected chi connectivity index (χ4v) is 1.99. The second-order valence-electron chi connectivity index (χ2n) is 4.06. The summed E-state index contributed by atoms with van der Waals surface area (Å²) in [5.41, 5.74) is 3.40. The van der Waals surface area contributed by atoms with Crippen molar-refractivity contribution >= 4 is 28.5 Å². The Morgan fingerprint density at radius 1 is 1.00 bits per heavy atom. The number of carbonyl (C=O) groups excluding carboxylic acids is 1.